The summed E-state index contributed by atoms with van der Waals surface area (Å²) in [6.45, 7) is 0. The van der Waals surface area contributed by atoms with Crippen LogP contribution in [0.1, 0.15) is 0 Å². The van der Waals surface area contributed by atoms with Gasteiger partial charge in [-0.2, -0.15) is 0 Å². The number of hydrogen-bond donors (Lipinski definition) is 1. The van der Waals surface area contributed by atoms with Gasteiger partial charge in [-0.15, -0.1) is 0 Å². The first kappa shape index (κ1) is 8.13. The first-order valence-electron chi connectivity index (χ1n) is 2.23. The van der Waals surface area contributed by atoms with Crippen molar-refractivity contribution in [2.45, 2.75) is 0 Å². The Morgan fingerprint density at radius 2 is 1.33 bits per heavy atom. The van der Waals surface area contributed by atoms with Gasteiger partial charge in [-0.3, -0.25) is 12.9 Å². The van der Waals surface area contributed by atoms with Crippen LogP contribution in [0.3, 0.4) is 0 Å². The van der Waals surface area contributed by atoms with Gasteiger partial charge in [-0.1, -0.05) is 0 Å². The van der Waals surface area contributed by atoms with Crippen molar-refractivity contribution < 1.29 is 12.9 Å². The summed E-state index contributed by atoms with van der Waals surface area (Å²) in [6.07, 6.45) is 3.75. The Labute approximate surface area is 51.1 Å². The fourth-order valence-corrected chi connectivity index (χ4v) is 0.278. The van der Waals surface area contributed by atoms with E-state index in [9.17, 15) is 12.9 Å². The van der Waals surface area contributed by atoms with Crippen LogP contribution in [0, 0.1) is 0 Å². The molecular weight excluding hydrogens is 130 g/mol. The van der Waals surface area contributed by atoms with Gasteiger partial charge in [-0.25, -0.2) is 0 Å². The van der Waals surface area contributed by atoms with Crippen molar-refractivity contribution in [3.63, 3.8) is 0 Å². The van der Waals surface area contributed by atoms with Gasteiger partial charge in [0, 0.05) is 12.4 Å². The first-order chi connectivity index (χ1) is 4.23. The molecule has 1 N–H and O–H groups in total. The van der Waals surface area contributed by atoms with Crippen LogP contribution >= 0.6 is 0 Å². The third-order valence-electron chi connectivity index (χ3n) is 0.496. The van der Waals surface area contributed by atoms with Crippen LogP contribution in [-0.4, -0.2) is 12.5 Å². The number of aromatic nitrogens is 1. The van der Waals surface area contributed by atoms with E-state index in [0.29, 0.717) is 0 Å². The summed E-state index contributed by atoms with van der Waals surface area (Å²) in [5.41, 5.74) is 0. The summed E-state index contributed by atoms with van der Waals surface area (Å²) in [6, 6.07) is 3.89. The van der Waals surface area contributed by atoms with Crippen molar-refractivity contribution in [1.29, 1.82) is 0 Å². The maximum Gasteiger partial charge on any atom is 0.762 e. The quantitative estimate of drug-likeness (QED) is 0.522. The smallest absolute Gasteiger partial charge is 0.368 e. The average Bonchev–Trinajstić information content (AvgIpc) is 2.11. The molecule has 0 spiro atoms. The standard InChI is InChI=1S/C4H5N.BF3/c1-2-4-5-3-1;2-1(3)4/h1-5H;. The molecule has 1 rings (SSSR count). The van der Waals surface area contributed by atoms with Crippen molar-refractivity contribution in [3.05, 3.63) is 24.5 Å². The van der Waals surface area contributed by atoms with Crippen LogP contribution in [-0.2, 0) is 0 Å². The lowest BCUT2D eigenvalue weighted by atomic mass is 10.5. The Bertz CT molecular complexity index is 99.4. The second-order valence-electron chi connectivity index (χ2n) is 1.13. The van der Waals surface area contributed by atoms with Crippen molar-refractivity contribution in [2.75, 3.05) is 0 Å². The van der Waals surface area contributed by atoms with Crippen LogP contribution in [0.15, 0.2) is 24.5 Å². The van der Waals surface area contributed by atoms with E-state index >= 15 is 0 Å². The maximum absolute atomic E-state index is 9.67. The third kappa shape index (κ3) is 11.0. The van der Waals surface area contributed by atoms with E-state index in [1.54, 1.807) is 0 Å². The number of aromatic amines is 1. The molecule has 0 aliphatic heterocycles. The molecule has 0 atom stereocenters. The molecule has 5 heteroatoms. The van der Waals surface area contributed by atoms with Gasteiger partial charge in [0.05, 0.1) is 0 Å². The van der Waals surface area contributed by atoms with E-state index in [2.05, 4.69) is 4.98 Å². The molecule has 9 heavy (non-hydrogen) atoms. The zero-order chi connectivity index (χ0) is 7.11. The van der Waals surface area contributed by atoms with Crippen LogP contribution in [0.4, 0.5) is 12.9 Å². The molecule has 50 valence electrons. The maximum atomic E-state index is 9.67. The molecule has 0 aliphatic carbocycles. The molecule has 1 aromatic heterocycles. The Morgan fingerprint density at radius 3 is 1.44 bits per heavy atom. The van der Waals surface area contributed by atoms with Gasteiger partial charge < -0.3 is 4.98 Å². The number of hydrogen-bond acceptors (Lipinski definition) is 0. The van der Waals surface area contributed by atoms with Crippen molar-refractivity contribution in [1.82, 2.24) is 4.98 Å². The zero-order valence-corrected chi connectivity index (χ0v) is 4.52. The fourth-order valence-electron chi connectivity index (χ4n) is 0.278. The number of H-pyrrole nitrogens is 1. The van der Waals surface area contributed by atoms with Crippen molar-refractivity contribution in [2.24, 2.45) is 0 Å². The first-order valence-corrected chi connectivity index (χ1v) is 2.23. The molecule has 1 aromatic rings. The number of halogens is 3. The molecule has 0 bridgehead atoms. The van der Waals surface area contributed by atoms with E-state index in [-0.39, 0.29) is 0 Å². The molecule has 0 fully saturated rings. The van der Waals surface area contributed by atoms with E-state index in [4.69, 9.17) is 0 Å². The average molecular weight is 135 g/mol. The van der Waals surface area contributed by atoms with Crippen LogP contribution < -0.4 is 0 Å². The molecular formula is C4H5BF3N. The second kappa shape index (κ2) is 5.28. The lowest BCUT2D eigenvalue weighted by Crippen LogP contribution is -1.76. The lowest BCUT2D eigenvalue weighted by molar-refractivity contribution is 0.535. The Kier molecular flexibility index (Phi) is 4.77. The number of nitrogens with one attached hydrogen (secondary N) is 1. The van der Waals surface area contributed by atoms with Gasteiger partial charge in [0.2, 0.25) is 0 Å². The molecule has 1 heterocycles. The highest BCUT2D eigenvalue weighted by Gasteiger charge is 2.06. The van der Waals surface area contributed by atoms with E-state index in [1.165, 1.54) is 0 Å². The minimum absolute atomic E-state index is 1.88. The Hall–Kier alpha value is -0.865. The second-order valence-corrected chi connectivity index (χ2v) is 1.13. The molecule has 0 amide bonds. The monoisotopic (exact) mass is 135 g/mol. The minimum atomic E-state index is -3.67. The summed E-state index contributed by atoms with van der Waals surface area (Å²) in [5.74, 6) is 0. The van der Waals surface area contributed by atoms with E-state index < -0.39 is 7.54 Å². The molecule has 0 aromatic carbocycles. The summed E-state index contributed by atoms with van der Waals surface area (Å²) >= 11 is 0. The molecule has 0 radical (unpaired) electrons. The van der Waals surface area contributed by atoms with Gasteiger partial charge in [0.15, 0.2) is 0 Å². The third-order valence-corrected chi connectivity index (χ3v) is 0.496. The Balaban J connectivity index is 0.000000148. The van der Waals surface area contributed by atoms with Gasteiger partial charge in [0.25, 0.3) is 0 Å². The molecule has 1 nitrogen and oxygen atoms in total. The van der Waals surface area contributed by atoms with Crippen LogP contribution in [0.25, 0.3) is 0 Å². The lowest BCUT2D eigenvalue weighted by Gasteiger charge is -1.55. The predicted octanol–water partition coefficient (Wildman–Crippen LogP) is 1.89. The van der Waals surface area contributed by atoms with Crippen molar-refractivity contribution in [3.8, 4) is 0 Å². The zero-order valence-electron chi connectivity index (χ0n) is 4.52. The van der Waals surface area contributed by atoms with E-state index in [0.717, 1.165) is 0 Å². The van der Waals surface area contributed by atoms with Gasteiger partial charge >= 0.3 is 7.54 Å². The summed E-state index contributed by atoms with van der Waals surface area (Å²) in [4.78, 5) is 2.86. The molecule has 0 aliphatic rings. The van der Waals surface area contributed by atoms with Crippen molar-refractivity contribution >= 4 is 7.54 Å². The van der Waals surface area contributed by atoms with Crippen LogP contribution in [0.5, 0.6) is 0 Å². The minimum Gasteiger partial charge on any atom is -0.368 e. The molecule has 0 saturated heterocycles. The SMILES string of the molecule is FB(F)F.c1cc[nH]c1. The van der Waals surface area contributed by atoms with Gasteiger partial charge in [0.1, 0.15) is 0 Å². The summed E-state index contributed by atoms with van der Waals surface area (Å²) in [7, 11) is -3.67. The fraction of sp³-hybridized carbons (Fsp3) is 0. The van der Waals surface area contributed by atoms with E-state index in [1.807, 2.05) is 24.5 Å². The summed E-state index contributed by atoms with van der Waals surface area (Å²) in [5, 5.41) is 0. The Morgan fingerprint density at radius 1 is 1.00 bits per heavy atom. The number of rotatable bonds is 0. The molecule has 0 unspecified atom stereocenters. The summed E-state index contributed by atoms with van der Waals surface area (Å²) < 4.78 is 29.0. The highest BCUT2D eigenvalue weighted by atomic mass is 19.4. The largest absolute Gasteiger partial charge is 0.762 e. The topological polar surface area (TPSA) is 15.8 Å². The molecule has 0 saturated carbocycles. The normalized spacial score (nSPS) is 7.44. The highest BCUT2D eigenvalue weighted by Crippen LogP contribution is 1.80. The van der Waals surface area contributed by atoms with Gasteiger partial charge in [-0.05, 0) is 12.1 Å². The predicted molar refractivity (Wildman–Crippen MR) is 29.9 cm³/mol. The highest BCUT2D eigenvalue weighted by molar-refractivity contribution is 6.33. The van der Waals surface area contributed by atoms with Crippen LogP contribution in [0.2, 0.25) is 0 Å².